The normalized spacial score (nSPS) is 8.67. The Morgan fingerprint density at radius 1 is 1.75 bits per heavy atom. The fraction of sp³-hybridized carbons (Fsp3) is 0.143. The molecule has 0 aromatic carbocycles. The molecule has 0 spiro atoms. The monoisotopic (exact) mass is 164 g/mol. The Hall–Kier alpha value is -1.80. The van der Waals surface area contributed by atoms with E-state index in [2.05, 4.69) is 10.4 Å². The number of hydrogen-bond acceptors (Lipinski definition) is 5. The van der Waals surface area contributed by atoms with E-state index >= 15 is 0 Å². The third kappa shape index (κ3) is 1.84. The van der Waals surface area contributed by atoms with Crippen molar-refractivity contribution in [3.63, 3.8) is 0 Å². The molecule has 12 heavy (non-hydrogen) atoms. The highest BCUT2D eigenvalue weighted by atomic mass is 16.5. The zero-order valence-electron chi connectivity index (χ0n) is 6.32. The molecule has 0 radical (unpaired) electrons. The van der Waals surface area contributed by atoms with Gasteiger partial charge in [-0.1, -0.05) is 0 Å². The molecule has 0 amide bonds. The molecular weight excluding hydrogens is 156 g/mol. The molecule has 0 aliphatic rings. The summed E-state index contributed by atoms with van der Waals surface area (Å²) in [6.07, 6.45) is 1.58. The van der Waals surface area contributed by atoms with Crippen LogP contribution in [0.4, 0.5) is 5.82 Å². The summed E-state index contributed by atoms with van der Waals surface area (Å²) >= 11 is 0. The summed E-state index contributed by atoms with van der Waals surface area (Å²) in [5.41, 5.74) is 2.36. The Bertz CT molecular complexity index is 294. The lowest BCUT2D eigenvalue weighted by Gasteiger charge is -2.05. The van der Waals surface area contributed by atoms with Crippen LogP contribution >= 0.6 is 0 Å². The third-order valence-electron chi connectivity index (χ3n) is 1.20. The number of ether oxygens (including phenoxy) is 1. The van der Waals surface area contributed by atoms with Crippen molar-refractivity contribution in [2.45, 2.75) is 0 Å². The smallest absolute Gasteiger partial charge is 0.183 e. The second-order valence-electron chi connectivity index (χ2n) is 1.94. The van der Waals surface area contributed by atoms with E-state index in [9.17, 15) is 0 Å². The molecule has 1 aromatic heterocycles. The minimum atomic E-state index is -0.0135. The highest BCUT2D eigenvalue weighted by Crippen LogP contribution is 2.18. The van der Waals surface area contributed by atoms with Crippen LogP contribution in [-0.2, 0) is 0 Å². The highest BCUT2D eigenvalue weighted by Gasteiger charge is 2.00. The molecule has 0 aliphatic carbocycles. The van der Waals surface area contributed by atoms with Crippen molar-refractivity contribution >= 4 is 5.82 Å². The largest absolute Gasteiger partial charge is 0.475 e. The van der Waals surface area contributed by atoms with E-state index in [0.29, 0.717) is 11.6 Å². The summed E-state index contributed by atoms with van der Waals surface area (Å²) in [6.45, 7) is -0.0135. The fourth-order valence-corrected chi connectivity index (χ4v) is 0.725. The van der Waals surface area contributed by atoms with Crippen LogP contribution in [0.5, 0.6) is 5.75 Å². The van der Waals surface area contributed by atoms with Gasteiger partial charge in [-0.25, -0.2) is 10.8 Å². The van der Waals surface area contributed by atoms with E-state index in [4.69, 9.17) is 15.8 Å². The van der Waals surface area contributed by atoms with Gasteiger partial charge >= 0.3 is 0 Å². The summed E-state index contributed by atoms with van der Waals surface area (Å²) in [7, 11) is 0. The van der Waals surface area contributed by atoms with E-state index in [0.717, 1.165) is 0 Å². The average Bonchev–Trinajstić information content (AvgIpc) is 2.15. The standard InChI is InChI=1S/C7H8N4O/c8-3-5-12-6-2-1-4-10-7(6)11-9/h1-2,4H,5,9H2,(H,10,11). The topological polar surface area (TPSA) is 84.0 Å². The first-order valence-electron chi connectivity index (χ1n) is 3.30. The number of hydrazine groups is 1. The molecule has 0 saturated heterocycles. The van der Waals surface area contributed by atoms with Gasteiger partial charge in [0.2, 0.25) is 0 Å². The number of anilines is 1. The Morgan fingerprint density at radius 3 is 3.25 bits per heavy atom. The van der Waals surface area contributed by atoms with E-state index in [-0.39, 0.29) is 6.61 Å². The van der Waals surface area contributed by atoms with Gasteiger partial charge in [0.1, 0.15) is 6.07 Å². The van der Waals surface area contributed by atoms with Gasteiger partial charge in [-0.3, -0.25) is 0 Å². The van der Waals surface area contributed by atoms with E-state index < -0.39 is 0 Å². The van der Waals surface area contributed by atoms with Gasteiger partial charge in [0.25, 0.3) is 0 Å². The summed E-state index contributed by atoms with van der Waals surface area (Å²) in [4.78, 5) is 3.88. The number of rotatable bonds is 3. The maximum absolute atomic E-state index is 8.24. The quantitative estimate of drug-likeness (QED) is 0.494. The Labute approximate surface area is 69.7 Å². The summed E-state index contributed by atoms with van der Waals surface area (Å²) in [5.74, 6) is 6.04. The number of aromatic nitrogens is 1. The van der Waals surface area contributed by atoms with Gasteiger partial charge in [-0.15, -0.1) is 0 Å². The van der Waals surface area contributed by atoms with Crippen LogP contribution in [0, 0.1) is 11.3 Å². The zero-order valence-corrected chi connectivity index (χ0v) is 6.32. The summed E-state index contributed by atoms with van der Waals surface area (Å²) < 4.78 is 5.01. The SMILES string of the molecule is N#CCOc1cccnc1NN. The van der Waals surface area contributed by atoms with Crippen LogP contribution < -0.4 is 16.0 Å². The van der Waals surface area contributed by atoms with Crippen molar-refractivity contribution in [3.05, 3.63) is 18.3 Å². The lowest BCUT2D eigenvalue weighted by Crippen LogP contribution is -2.10. The predicted octanol–water partition coefficient (Wildman–Crippen LogP) is 0.270. The molecule has 0 aliphatic heterocycles. The molecule has 0 fully saturated rings. The first-order chi connectivity index (χ1) is 5.88. The summed E-state index contributed by atoms with van der Waals surface area (Å²) in [5, 5.41) is 8.24. The molecule has 3 N–H and O–H groups in total. The number of pyridine rings is 1. The lowest BCUT2D eigenvalue weighted by molar-refractivity contribution is 0.368. The van der Waals surface area contributed by atoms with Crippen LogP contribution in [0.3, 0.4) is 0 Å². The van der Waals surface area contributed by atoms with E-state index in [1.807, 2.05) is 6.07 Å². The molecule has 0 saturated carbocycles. The van der Waals surface area contributed by atoms with Crippen LogP contribution in [0.2, 0.25) is 0 Å². The minimum Gasteiger partial charge on any atom is -0.475 e. The fourth-order valence-electron chi connectivity index (χ4n) is 0.725. The van der Waals surface area contributed by atoms with Crippen LogP contribution in [0.25, 0.3) is 0 Å². The van der Waals surface area contributed by atoms with Gasteiger partial charge in [0, 0.05) is 6.20 Å². The van der Waals surface area contributed by atoms with Crippen LogP contribution in [0.15, 0.2) is 18.3 Å². The first kappa shape index (κ1) is 8.30. The number of hydrogen-bond donors (Lipinski definition) is 2. The molecule has 1 heterocycles. The predicted molar refractivity (Wildman–Crippen MR) is 43.2 cm³/mol. The van der Waals surface area contributed by atoms with Crippen LogP contribution in [-0.4, -0.2) is 11.6 Å². The maximum atomic E-state index is 8.24. The zero-order chi connectivity index (χ0) is 8.81. The van der Waals surface area contributed by atoms with Crippen molar-refractivity contribution < 1.29 is 4.74 Å². The molecule has 5 heteroatoms. The van der Waals surface area contributed by atoms with Gasteiger partial charge in [-0.2, -0.15) is 5.26 Å². The molecule has 0 atom stereocenters. The second kappa shape index (κ2) is 4.16. The number of nitrogens with one attached hydrogen (secondary N) is 1. The van der Waals surface area contributed by atoms with Crippen molar-refractivity contribution in [1.82, 2.24) is 4.98 Å². The molecule has 1 aromatic rings. The molecule has 62 valence electrons. The van der Waals surface area contributed by atoms with Crippen molar-refractivity contribution in [2.75, 3.05) is 12.0 Å². The number of nitriles is 1. The van der Waals surface area contributed by atoms with Gasteiger partial charge in [0.05, 0.1) is 0 Å². The average molecular weight is 164 g/mol. The second-order valence-corrected chi connectivity index (χ2v) is 1.94. The summed E-state index contributed by atoms with van der Waals surface area (Å²) in [6, 6.07) is 5.23. The Balaban J connectivity index is 2.76. The lowest BCUT2D eigenvalue weighted by atomic mass is 10.4. The minimum absolute atomic E-state index is 0.0135. The molecule has 0 bridgehead atoms. The molecule has 0 unspecified atom stereocenters. The number of nitrogens with two attached hydrogens (primary N) is 1. The van der Waals surface area contributed by atoms with Crippen molar-refractivity contribution in [3.8, 4) is 11.8 Å². The van der Waals surface area contributed by atoms with Gasteiger partial charge in [-0.05, 0) is 12.1 Å². The van der Waals surface area contributed by atoms with Crippen molar-refractivity contribution in [2.24, 2.45) is 5.84 Å². The van der Waals surface area contributed by atoms with Crippen LogP contribution in [0.1, 0.15) is 0 Å². The van der Waals surface area contributed by atoms with Crippen molar-refractivity contribution in [1.29, 1.82) is 5.26 Å². The Kier molecular flexibility index (Phi) is 2.87. The van der Waals surface area contributed by atoms with Gasteiger partial charge < -0.3 is 10.2 Å². The third-order valence-corrected chi connectivity index (χ3v) is 1.20. The molecule has 5 nitrogen and oxygen atoms in total. The maximum Gasteiger partial charge on any atom is 0.183 e. The Morgan fingerprint density at radius 2 is 2.58 bits per heavy atom. The highest BCUT2D eigenvalue weighted by molar-refractivity contribution is 5.48. The van der Waals surface area contributed by atoms with E-state index in [1.54, 1.807) is 18.3 Å². The number of nitrogen functional groups attached to an aromatic ring is 1. The van der Waals surface area contributed by atoms with Gasteiger partial charge in [0.15, 0.2) is 18.2 Å². The number of nitrogens with zero attached hydrogens (tertiary/aromatic N) is 2. The first-order valence-corrected chi connectivity index (χ1v) is 3.30. The van der Waals surface area contributed by atoms with E-state index in [1.165, 1.54) is 0 Å². The molecule has 1 rings (SSSR count). The molecular formula is C7H8N4O.